The first-order valence-corrected chi connectivity index (χ1v) is 11.8. The molecule has 32 heavy (non-hydrogen) atoms. The van der Waals surface area contributed by atoms with Crippen molar-refractivity contribution in [2.45, 2.75) is 11.0 Å². The van der Waals surface area contributed by atoms with Gasteiger partial charge in [-0.1, -0.05) is 0 Å². The molecule has 1 aliphatic rings. The molecule has 0 aliphatic carbocycles. The Bertz CT molecular complexity index is 1100. The van der Waals surface area contributed by atoms with Crippen LogP contribution in [0.4, 0.5) is 14.5 Å². The number of halogens is 2. The molecule has 0 unspecified atom stereocenters. The van der Waals surface area contributed by atoms with Gasteiger partial charge in [-0.3, -0.25) is 4.79 Å². The number of nitrogens with zero attached hydrogens (tertiary/aromatic N) is 3. The SMILES string of the molecule is CS(=O)(=O)c1ccc(OC(CF)CF)c(C(=O)N2CCN(c3ccc(C#N)cc3)CC2)c1. The fourth-order valence-corrected chi connectivity index (χ4v) is 4.03. The third-order valence-corrected chi connectivity index (χ3v) is 6.29. The van der Waals surface area contributed by atoms with Crippen LogP contribution in [0.15, 0.2) is 47.4 Å². The summed E-state index contributed by atoms with van der Waals surface area (Å²) in [5.74, 6) is -0.529. The average Bonchev–Trinajstić information content (AvgIpc) is 2.81. The highest BCUT2D eigenvalue weighted by atomic mass is 32.2. The van der Waals surface area contributed by atoms with E-state index in [2.05, 4.69) is 11.0 Å². The molecule has 170 valence electrons. The predicted octanol–water partition coefficient (Wildman–Crippen LogP) is 2.61. The van der Waals surface area contributed by atoms with Gasteiger partial charge in [0.1, 0.15) is 19.1 Å². The topological polar surface area (TPSA) is 90.7 Å². The van der Waals surface area contributed by atoms with Crippen LogP contribution in [0.3, 0.4) is 0 Å². The van der Waals surface area contributed by atoms with E-state index in [0.29, 0.717) is 31.7 Å². The molecule has 1 amide bonds. The first kappa shape index (κ1) is 23.5. The molecule has 1 heterocycles. The van der Waals surface area contributed by atoms with Gasteiger partial charge < -0.3 is 14.5 Å². The lowest BCUT2D eigenvalue weighted by Crippen LogP contribution is -2.49. The first-order valence-electron chi connectivity index (χ1n) is 9.94. The van der Waals surface area contributed by atoms with E-state index in [4.69, 9.17) is 10.00 Å². The standard InChI is InChI=1S/C22H23F2N3O4S/c1-32(29,30)19-6-7-21(31-18(13-23)14-24)20(12-19)22(28)27-10-8-26(9-11-27)17-4-2-16(15-25)3-5-17/h2-7,12,18H,8-11,13-14H2,1H3. The Hall–Kier alpha value is -3.19. The van der Waals surface area contributed by atoms with E-state index in [9.17, 15) is 22.0 Å². The monoisotopic (exact) mass is 463 g/mol. The number of benzene rings is 2. The van der Waals surface area contributed by atoms with Crippen molar-refractivity contribution in [1.82, 2.24) is 4.90 Å². The summed E-state index contributed by atoms with van der Waals surface area (Å²) in [4.78, 5) is 16.7. The molecule has 0 spiro atoms. The van der Waals surface area contributed by atoms with Crippen LogP contribution >= 0.6 is 0 Å². The Morgan fingerprint density at radius 2 is 1.72 bits per heavy atom. The van der Waals surface area contributed by atoms with Gasteiger partial charge in [-0.2, -0.15) is 5.26 Å². The van der Waals surface area contributed by atoms with Crippen molar-refractivity contribution in [3.05, 3.63) is 53.6 Å². The molecule has 2 aromatic rings. The summed E-state index contributed by atoms with van der Waals surface area (Å²) in [6, 6.07) is 12.9. The molecule has 0 radical (unpaired) electrons. The van der Waals surface area contributed by atoms with Gasteiger partial charge in [-0.15, -0.1) is 0 Å². The van der Waals surface area contributed by atoms with Crippen LogP contribution in [-0.2, 0) is 9.84 Å². The zero-order chi connectivity index (χ0) is 23.3. The Morgan fingerprint density at radius 1 is 1.09 bits per heavy atom. The second-order valence-corrected chi connectivity index (χ2v) is 9.43. The lowest BCUT2D eigenvalue weighted by molar-refractivity contribution is 0.0732. The lowest BCUT2D eigenvalue weighted by atomic mass is 10.1. The first-order chi connectivity index (χ1) is 15.3. The number of nitriles is 1. The van der Waals surface area contributed by atoms with E-state index in [1.807, 2.05) is 12.1 Å². The molecule has 0 atom stereocenters. The van der Waals surface area contributed by atoms with Gasteiger partial charge in [0.05, 0.1) is 22.1 Å². The van der Waals surface area contributed by atoms with Gasteiger partial charge in [0.25, 0.3) is 5.91 Å². The molecule has 7 nitrogen and oxygen atoms in total. The highest BCUT2D eigenvalue weighted by molar-refractivity contribution is 7.90. The van der Waals surface area contributed by atoms with E-state index >= 15 is 0 Å². The van der Waals surface area contributed by atoms with Crippen LogP contribution in [0.1, 0.15) is 15.9 Å². The Labute approximate surface area is 185 Å². The maximum atomic E-state index is 13.2. The molecule has 1 fully saturated rings. The fourth-order valence-electron chi connectivity index (χ4n) is 3.38. The van der Waals surface area contributed by atoms with E-state index in [1.54, 1.807) is 17.0 Å². The van der Waals surface area contributed by atoms with Gasteiger partial charge >= 0.3 is 0 Å². The van der Waals surface area contributed by atoms with Gasteiger partial charge in [-0.05, 0) is 42.5 Å². The molecule has 0 aromatic heterocycles. The van der Waals surface area contributed by atoms with E-state index in [-0.39, 0.29) is 16.2 Å². The Morgan fingerprint density at radius 3 is 2.25 bits per heavy atom. The van der Waals surface area contributed by atoms with Crippen LogP contribution < -0.4 is 9.64 Å². The Kier molecular flexibility index (Phi) is 7.30. The average molecular weight is 464 g/mol. The van der Waals surface area contributed by atoms with Crippen molar-refractivity contribution in [3.8, 4) is 11.8 Å². The molecular weight excluding hydrogens is 440 g/mol. The van der Waals surface area contributed by atoms with Gasteiger partial charge in [0, 0.05) is 38.1 Å². The zero-order valence-corrected chi connectivity index (χ0v) is 18.3. The summed E-state index contributed by atoms with van der Waals surface area (Å²) in [5, 5.41) is 8.92. The van der Waals surface area contributed by atoms with E-state index in [1.165, 1.54) is 18.2 Å². The summed E-state index contributed by atoms with van der Waals surface area (Å²) < 4.78 is 55.2. The highest BCUT2D eigenvalue weighted by Gasteiger charge is 2.27. The van der Waals surface area contributed by atoms with Crippen molar-refractivity contribution in [3.63, 3.8) is 0 Å². The number of carbonyl (C=O) groups is 1. The van der Waals surface area contributed by atoms with Crippen LogP contribution in [0.25, 0.3) is 0 Å². The molecular formula is C22H23F2N3O4S. The normalized spacial score (nSPS) is 14.3. The van der Waals surface area contributed by atoms with E-state index < -0.39 is 35.2 Å². The fraction of sp³-hybridized carbons (Fsp3) is 0.364. The number of amides is 1. The summed E-state index contributed by atoms with van der Waals surface area (Å²) in [7, 11) is -3.60. The predicted molar refractivity (Wildman–Crippen MR) is 115 cm³/mol. The van der Waals surface area contributed by atoms with Crippen LogP contribution in [-0.4, -0.2) is 71.1 Å². The summed E-state index contributed by atoms with van der Waals surface area (Å²) in [6.07, 6.45) is -0.363. The molecule has 3 rings (SSSR count). The van der Waals surface area contributed by atoms with Crippen molar-refractivity contribution < 1.29 is 26.7 Å². The molecule has 0 N–H and O–H groups in total. The minimum atomic E-state index is -3.60. The minimum absolute atomic E-state index is 0.0494. The smallest absolute Gasteiger partial charge is 0.257 e. The maximum Gasteiger partial charge on any atom is 0.257 e. The van der Waals surface area contributed by atoms with Crippen LogP contribution in [0.5, 0.6) is 5.75 Å². The molecule has 0 bridgehead atoms. The molecule has 10 heteroatoms. The number of rotatable bonds is 7. The van der Waals surface area contributed by atoms with Crippen molar-refractivity contribution in [2.75, 3.05) is 50.7 Å². The second-order valence-electron chi connectivity index (χ2n) is 7.42. The van der Waals surface area contributed by atoms with Gasteiger partial charge in [-0.25, -0.2) is 17.2 Å². The van der Waals surface area contributed by atoms with Crippen molar-refractivity contribution in [1.29, 1.82) is 5.26 Å². The van der Waals surface area contributed by atoms with Crippen molar-refractivity contribution in [2.24, 2.45) is 0 Å². The summed E-state index contributed by atoms with van der Waals surface area (Å²) in [6.45, 7) is -0.398. The molecule has 1 saturated heterocycles. The number of ether oxygens (including phenoxy) is 1. The lowest BCUT2D eigenvalue weighted by Gasteiger charge is -2.36. The summed E-state index contributed by atoms with van der Waals surface area (Å²) in [5.41, 5.74) is 1.43. The number of alkyl halides is 2. The molecule has 2 aromatic carbocycles. The number of hydrogen-bond donors (Lipinski definition) is 0. The Balaban J connectivity index is 1.80. The minimum Gasteiger partial charge on any atom is -0.484 e. The second kappa shape index (κ2) is 9.96. The quantitative estimate of drug-likeness (QED) is 0.627. The number of carbonyl (C=O) groups excluding carboxylic acids is 1. The van der Waals surface area contributed by atoms with Crippen LogP contribution in [0.2, 0.25) is 0 Å². The maximum absolute atomic E-state index is 13.2. The van der Waals surface area contributed by atoms with Gasteiger partial charge in [0.15, 0.2) is 15.9 Å². The van der Waals surface area contributed by atoms with Gasteiger partial charge in [0.2, 0.25) is 0 Å². The highest BCUT2D eigenvalue weighted by Crippen LogP contribution is 2.27. The number of sulfone groups is 1. The summed E-state index contributed by atoms with van der Waals surface area (Å²) >= 11 is 0. The molecule has 0 saturated carbocycles. The number of hydrogen-bond acceptors (Lipinski definition) is 6. The largest absolute Gasteiger partial charge is 0.484 e. The van der Waals surface area contributed by atoms with Crippen LogP contribution in [0, 0.1) is 11.3 Å². The third kappa shape index (κ3) is 5.34. The molecule has 1 aliphatic heterocycles. The third-order valence-electron chi connectivity index (χ3n) is 5.18. The zero-order valence-electron chi connectivity index (χ0n) is 17.5. The number of piperazine rings is 1. The van der Waals surface area contributed by atoms with E-state index in [0.717, 1.165) is 11.9 Å². The number of anilines is 1. The van der Waals surface area contributed by atoms with Crippen molar-refractivity contribution >= 4 is 21.4 Å².